The Morgan fingerprint density at radius 3 is 2.44 bits per heavy atom. The van der Waals surface area contributed by atoms with Gasteiger partial charge in [-0.1, -0.05) is 76.2 Å². The second-order valence-electron chi connectivity index (χ2n) is 9.78. The molecule has 2 aromatic heterocycles. The number of benzene rings is 1. The Bertz CT molecular complexity index is 1310. The van der Waals surface area contributed by atoms with Gasteiger partial charge in [0.2, 0.25) is 11.7 Å². The number of nitrogens with one attached hydrogen (secondary N) is 2. The van der Waals surface area contributed by atoms with E-state index >= 15 is 0 Å². The second-order valence-corrected chi connectivity index (χ2v) is 10.8. The van der Waals surface area contributed by atoms with E-state index in [2.05, 4.69) is 15.7 Å². The molecule has 0 saturated heterocycles. The molecule has 10 nitrogen and oxygen atoms in total. The number of allylic oxidation sites excluding steroid dienone is 1. The lowest BCUT2D eigenvalue weighted by molar-refractivity contribution is -0.122. The number of amides is 2. The standard InChI is InChI=1S/C28H34N4O6S/c1-18(2)12-13-22(30-27(35)37-17-20-9-6-5-7-10-20)25(34)29-23(15-19(3)4)24(33)26-31-32(28(36)38-26)16-21-11-8-14-39-21/h5-14,18-19,22-23H,15-17H2,1-4H3,(H,29,34)(H,30,35)/b13-12+/t22?,23-/m0/s1. The first-order valence-corrected chi connectivity index (χ1v) is 13.6. The molecule has 11 heteroatoms. The minimum absolute atomic E-state index is 0.0210. The van der Waals surface area contributed by atoms with Crippen molar-refractivity contribution in [3.8, 4) is 0 Å². The summed E-state index contributed by atoms with van der Waals surface area (Å²) < 4.78 is 11.5. The van der Waals surface area contributed by atoms with Crippen LogP contribution in [-0.2, 0) is 22.7 Å². The lowest BCUT2D eigenvalue weighted by Gasteiger charge is -2.21. The number of thiophene rings is 1. The average molecular weight is 555 g/mol. The summed E-state index contributed by atoms with van der Waals surface area (Å²) in [6, 6.07) is 10.7. The van der Waals surface area contributed by atoms with Gasteiger partial charge in [-0.15, -0.1) is 16.4 Å². The Labute approximate surface area is 231 Å². The molecule has 0 aliphatic rings. The molecule has 0 saturated carbocycles. The molecule has 0 spiro atoms. The number of ketones is 1. The summed E-state index contributed by atoms with van der Waals surface area (Å²) in [6.07, 6.45) is 2.81. The van der Waals surface area contributed by atoms with Crippen LogP contribution in [0.1, 0.15) is 55.2 Å². The van der Waals surface area contributed by atoms with Crippen molar-refractivity contribution in [1.82, 2.24) is 20.4 Å². The van der Waals surface area contributed by atoms with Crippen molar-refractivity contribution in [3.63, 3.8) is 0 Å². The van der Waals surface area contributed by atoms with Crippen molar-refractivity contribution < 1.29 is 23.5 Å². The zero-order valence-electron chi connectivity index (χ0n) is 22.5. The van der Waals surface area contributed by atoms with Gasteiger partial charge in [0.15, 0.2) is 0 Å². The number of aromatic nitrogens is 2. The number of hydrogen-bond acceptors (Lipinski definition) is 8. The van der Waals surface area contributed by atoms with Crippen molar-refractivity contribution in [3.05, 3.63) is 86.9 Å². The van der Waals surface area contributed by atoms with Gasteiger partial charge in [-0.3, -0.25) is 9.59 Å². The maximum absolute atomic E-state index is 13.3. The summed E-state index contributed by atoms with van der Waals surface area (Å²) in [6.45, 7) is 7.86. The zero-order chi connectivity index (χ0) is 28.4. The van der Waals surface area contributed by atoms with Crippen molar-refractivity contribution in [2.75, 3.05) is 0 Å². The van der Waals surface area contributed by atoms with Crippen LogP contribution >= 0.6 is 11.3 Å². The predicted molar refractivity (Wildman–Crippen MR) is 147 cm³/mol. The van der Waals surface area contributed by atoms with E-state index < -0.39 is 35.6 Å². The lowest BCUT2D eigenvalue weighted by atomic mass is 9.99. The molecule has 2 amide bonds. The molecule has 0 aliphatic heterocycles. The van der Waals surface area contributed by atoms with Gasteiger partial charge in [-0.25, -0.2) is 9.59 Å². The third kappa shape index (κ3) is 9.36. The van der Waals surface area contributed by atoms with Gasteiger partial charge in [0.25, 0.3) is 5.89 Å². The van der Waals surface area contributed by atoms with E-state index in [1.807, 2.05) is 75.5 Å². The summed E-state index contributed by atoms with van der Waals surface area (Å²) in [4.78, 5) is 52.3. The van der Waals surface area contributed by atoms with E-state index in [4.69, 9.17) is 9.15 Å². The van der Waals surface area contributed by atoms with Crippen molar-refractivity contribution >= 4 is 29.1 Å². The number of carbonyl (C=O) groups is 3. The monoisotopic (exact) mass is 554 g/mol. The molecule has 208 valence electrons. The molecule has 3 aromatic rings. The minimum atomic E-state index is -1.10. The molecule has 2 heterocycles. The molecule has 0 fully saturated rings. The fourth-order valence-corrected chi connectivity index (χ4v) is 4.28. The van der Waals surface area contributed by atoms with Gasteiger partial charge < -0.3 is 19.8 Å². The van der Waals surface area contributed by atoms with Gasteiger partial charge >= 0.3 is 11.8 Å². The Balaban J connectivity index is 1.73. The minimum Gasteiger partial charge on any atom is -0.445 e. The SMILES string of the molecule is CC(C)/C=C/C(NC(=O)OCc1ccccc1)C(=O)N[C@@H](CC(C)C)C(=O)c1nn(Cc2cccs2)c(=O)o1. The highest BCUT2D eigenvalue weighted by Gasteiger charge is 2.30. The van der Waals surface area contributed by atoms with Crippen LogP contribution in [0, 0.1) is 11.8 Å². The quantitative estimate of drug-likeness (QED) is 0.239. The van der Waals surface area contributed by atoms with E-state index in [0.717, 1.165) is 15.1 Å². The first-order valence-electron chi connectivity index (χ1n) is 12.7. The Morgan fingerprint density at radius 2 is 1.79 bits per heavy atom. The van der Waals surface area contributed by atoms with Gasteiger partial charge in [-0.05, 0) is 35.3 Å². The molecule has 2 N–H and O–H groups in total. The molecular weight excluding hydrogens is 520 g/mol. The summed E-state index contributed by atoms with van der Waals surface area (Å²) in [5, 5.41) is 11.2. The van der Waals surface area contributed by atoms with E-state index in [0.29, 0.717) is 0 Å². The van der Waals surface area contributed by atoms with Gasteiger partial charge in [-0.2, -0.15) is 4.68 Å². The zero-order valence-corrected chi connectivity index (χ0v) is 23.3. The van der Waals surface area contributed by atoms with Crippen LogP contribution in [0.3, 0.4) is 0 Å². The van der Waals surface area contributed by atoms with Crippen LogP contribution in [0.2, 0.25) is 0 Å². The van der Waals surface area contributed by atoms with Crippen LogP contribution < -0.4 is 16.4 Å². The van der Waals surface area contributed by atoms with E-state index in [9.17, 15) is 19.2 Å². The Hall–Kier alpha value is -3.99. The van der Waals surface area contributed by atoms with E-state index in [1.165, 1.54) is 11.3 Å². The normalized spacial score (nSPS) is 13.0. The average Bonchev–Trinajstić information content (AvgIpc) is 3.54. The van der Waals surface area contributed by atoms with Crippen LogP contribution in [0.25, 0.3) is 0 Å². The highest BCUT2D eigenvalue weighted by Crippen LogP contribution is 2.13. The van der Waals surface area contributed by atoms with Crippen LogP contribution in [-0.4, -0.2) is 39.6 Å². The third-order valence-corrected chi connectivity index (χ3v) is 6.36. The number of carbonyl (C=O) groups excluding carboxylic acids is 3. The molecule has 2 atom stereocenters. The smallest absolute Gasteiger partial charge is 0.437 e. The maximum atomic E-state index is 13.3. The summed E-state index contributed by atoms with van der Waals surface area (Å²) >= 11 is 1.45. The highest BCUT2D eigenvalue weighted by atomic mass is 32.1. The summed E-state index contributed by atoms with van der Waals surface area (Å²) in [5.41, 5.74) is 0.800. The van der Waals surface area contributed by atoms with Crippen LogP contribution in [0.5, 0.6) is 0 Å². The highest BCUT2D eigenvalue weighted by molar-refractivity contribution is 7.09. The fraction of sp³-hybridized carbons (Fsp3) is 0.393. The molecule has 0 aliphatic carbocycles. The van der Waals surface area contributed by atoms with Crippen LogP contribution in [0.15, 0.2) is 69.2 Å². The fourth-order valence-electron chi connectivity index (χ4n) is 3.60. The molecule has 3 rings (SSSR count). The number of rotatable bonds is 13. The Morgan fingerprint density at radius 1 is 1.05 bits per heavy atom. The number of ether oxygens (including phenoxy) is 1. The third-order valence-electron chi connectivity index (χ3n) is 5.50. The first kappa shape index (κ1) is 29.6. The molecule has 0 bridgehead atoms. The van der Waals surface area contributed by atoms with E-state index in [1.54, 1.807) is 12.2 Å². The van der Waals surface area contributed by atoms with Gasteiger partial charge in [0, 0.05) is 4.88 Å². The summed E-state index contributed by atoms with van der Waals surface area (Å²) in [5.74, 6) is -2.25. The predicted octanol–water partition coefficient (Wildman–Crippen LogP) is 4.17. The number of alkyl carbamates (subject to hydrolysis) is 1. The molecular formula is C28H34N4O6S. The molecule has 1 aromatic carbocycles. The lowest BCUT2D eigenvalue weighted by Crippen LogP contribution is -2.51. The Kier molecular flexibility index (Phi) is 10.8. The van der Waals surface area contributed by atoms with Gasteiger partial charge in [0.05, 0.1) is 12.6 Å². The van der Waals surface area contributed by atoms with Gasteiger partial charge in [0.1, 0.15) is 12.6 Å². The topological polar surface area (TPSA) is 133 Å². The number of nitrogens with zero attached hydrogens (tertiary/aromatic N) is 2. The molecule has 39 heavy (non-hydrogen) atoms. The van der Waals surface area contributed by atoms with Crippen molar-refractivity contribution in [1.29, 1.82) is 0 Å². The number of hydrogen-bond donors (Lipinski definition) is 2. The number of Topliss-reactive ketones (excluding diaryl/α,β-unsaturated/α-hetero) is 1. The second kappa shape index (κ2) is 14.2. The first-order chi connectivity index (χ1) is 18.6. The molecule has 1 unspecified atom stereocenters. The van der Waals surface area contributed by atoms with Crippen LogP contribution in [0.4, 0.5) is 4.79 Å². The molecule has 0 radical (unpaired) electrons. The van der Waals surface area contributed by atoms with Crippen molar-refractivity contribution in [2.24, 2.45) is 11.8 Å². The van der Waals surface area contributed by atoms with Crippen molar-refractivity contribution in [2.45, 2.75) is 59.4 Å². The maximum Gasteiger partial charge on any atom is 0.437 e. The summed E-state index contributed by atoms with van der Waals surface area (Å²) in [7, 11) is 0. The largest absolute Gasteiger partial charge is 0.445 e. The van der Waals surface area contributed by atoms with E-state index in [-0.39, 0.29) is 37.3 Å².